The van der Waals surface area contributed by atoms with Crippen LogP contribution in [0.4, 0.5) is 4.79 Å². The number of amides is 2. The maximum absolute atomic E-state index is 11.2. The van der Waals surface area contributed by atoms with Crippen molar-refractivity contribution < 1.29 is 10.0 Å². The number of carbonyl (C=O) groups excluding carboxylic acids is 1. The quantitative estimate of drug-likeness (QED) is 0.576. The Kier molecular flexibility index (Phi) is 3.75. The van der Waals surface area contributed by atoms with Gasteiger partial charge in [0, 0.05) is 22.8 Å². The highest BCUT2D eigenvalue weighted by atomic mass is 16.5. The number of nitrogens with zero attached hydrogens (tertiary/aromatic N) is 3. The number of rotatable bonds is 3. The predicted molar refractivity (Wildman–Crippen MR) is 87.9 cm³/mol. The van der Waals surface area contributed by atoms with Crippen LogP contribution < -0.4 is 5.73 Å². The van der Waals surface area contributed by atoms with E-state index in [2.05, 4.69) is 4.98 Å². The molecule has 2 aromatic heterocycles. The van der Waals surface area contributed by atoms with Gasteiger partial charge in [0.1, 0.15) is 6.67 Å². The van der Waals surface area contributed by atoms with Crippen molar-refractivity contribution in [1.82, 2.24) is 14.6 Å². The number of urea groups is 1. The van der Waals surface area contributed by atoms with Crippen LogP contribution in [0, 0.1) is 13.8 Å². The van der Waals surface area contributed by atoms with Crippen molar-refractivity contribution in [2.75, 3.05) is 0 Å². The maximum atomic E-state index is 11.2. The molecule has 23 heavy (non-hydrogen) atoms. The van der Waals surface area contributed by atoms with E-state index < -0.39 is 6.03 Å². The highest BCUT2D eigenvalue weighted by Crippen LogP contribution is 2.32. The van der Waals surface area contributed by atoms with Crippen LogP contribution in [0.25, 0.3) is 22.2 Å². The van der Waals surface area contributed by atoms with Crippen molar-refractivity contribution in [2.24, 2.45) is 5.73 Å². The van der Waals surface area contributed by atoms with Gasteiger partial charge in [0.15, 0.2) is 0 Å². The molecule has 6 nitrogen and oxygen atoms in total. The molecule has 0 fully saturated rings. The monoisotopic (exact) mass is 310 g/mol. The smallest absolute Gasteiger partial charge is 0.340 e. The fraction of sp³-hybridized carbons (Fsp3) is 0.176. The van der Waals surface area contributed by atoms with Crippen molar-refractivity contribution in [3.63, 3.8) is 0 Å². The first kappa shape index (κ1) is 15.1. The molecule has 0 atom stereocenters. The van der Waals surface area contributed by atoms with Crippen LogP contribution in [-0.2, 0) is 6.67 Å². The zero-order valence-electron chi connectivity index (χ0n) is 13.0. The molecule has 1 aromatic carbocycles. The predicted octanol–water partition coefficient (Wildman–Crippen LogP) is 3.05. The lowest BCUT2D eigenvalue weighted by atomic mass is 10.0. The summed E-state index contributed by atoms with van der Waals surface area (Å²) >= 11 is 0. The van der Waals surface area contributed by atoms with Crippen LogP contribution in [-0.4, -0.2) is 25.9 Å². The maximum Gasteiger partial charge on any atom is 0.340 e. The number of nitrogens with two attached hydrogens (primary N) is 1. The number of benzene rings is 1. The molecule has 0 spiro atoms. The molecule has 0 saturated heterocycles. The van der Waals surface area contributed by atoms with Crippen LogP contribution in [0.15, 0.2) is 42.6 Å². The molecule has 0 aliphatic rings. The van der Waals surface area contributed by atoms with Crippen molar-refractivity contribution in [2.45, 2.75) is 20.5 Å². The molecular formula is C17H18N4O2. The van der Waals surface area contributed by atoms with Gasteiger partial charge in [0.2, 0.25) is 0 Å². The second kappa shape index (κ2) is 5.73. The Balaban J connectivity index is 2.26. The number of hydrogen-bond acceptors (Lipinski definition) is 3. The summed E-state index contributed by atoms with van der Waals surface area (Å²) in [5.41, 5.74) is 9.90. The third-order valence-electron chi connectivity index (χ3n) is 3.95. The molecule has 6 heteroatoms. The van der Waals surface area contributed by atoms with E-state index in [1.807, 2.05) is 54.8 Å². The molecule has 3 aromatic rings. The Labute approximate surface area is 133 Å². The third kappa shape index (κ3) is 2.64. The molecule has 0 radical (unpaired) electrons. The Bertz CT molecular complexity index is 865. The minimum atomic E-state index is -0.895. The zero-order chi connectivity index (χ0) is 16.6. The van der Waals surface area contributed by atoms with Gasteiger partial charge >= 0.3 is 6.03 Å². The lowest BCUT2D eigenvalue weighted by Crippen LogP contribution is -2.34. The first-order valence-electron chi connectivity index (χ1n) is 7.25. The SMILES string of the molecule is Cc1ccnc(C)c1-c1cc2ccccc2n1CN(O)C(N)=O. The fourth-order valence-corrected chi connectivity index (χ4v) is 2.85. The molecule has 2 heterocycles. The summed E-state index contributed by atoms with van der Waals surface area (Å²) in [5.74, 6) is 0. The number of hydroxylamine groups is 2. The summed E-state index contributed by atoms with van der Waals surface area (Å²) in [5, 5.41) is 11.3. The number of hydrogen-bond donors (Lipinski definition) is 2. The van der Waals surface area contributed by atoms with Crippen molar-refractivity contribution >= 4 is 16.9 Å². The standard InChI is InChI=1S/C17H18N4O2/c1-11-7-8-19-12(2)16(11)15-9-13-5-3-4-6-14(13)20(15)10-21(23)17(18)22/h3-9,23H,10H2,1-2H3,(H2,18,22). The third-order valence-corrected chi connectivity index (χ3v) is 3.95. The number of fused-ring (bicyclic) bond motifs is 1. The molecular weight excluding hydrogens is 292 g/mol. The van der Waals surface area contributed by atoms with Gasteiger partial charge in [0.25, 0.3) is 0 Å². The highest BCUT2D eigenvalue weighted by molar-refractivity contribution is 5.88. The summed E-state index contributed by atoms with van der Waals surface area (Å²) < 4.78 is 1.86. The first-order valence-corrected chi connectivity index (χ1v) is 7.25. The second-order valence-electron chi connectivity index (χ2n) is 5.48. The van der Waals surface area contributed by atoms with E-state index >= 15 is 0 Å². The summed E-state index contributed by atoms with van der Waals surface area (Å²) in [6.45, 7) is 3.90. The molecule has 0 saturated carbocycles. The molecule has 3 rings (SSSR count). The van der Waals surface area contributed by atoms with Gasteiger partial charge in [-0.05, 0) is 37.6 Å². The van der Waals surface area contributed by atoms with E-state index in [1.54, 1.807) is 6.20 Å². The molecule has 0 aliphatic carbocycles. The van der Waals surface area contributed by atoms with Gasteiger partial charge in [-0.3, -0.25) is 10.2 Å². The van der Waals surface area contributed by atoms with Gasteiger partial charge in [0.05, 0.1) is 11.2 Å². The van der Waals surface area contributed by atoms with Gasteiger partial charge in [-0.15, -0.1) is 0 Å². The zero-order valence-corrected chi connectivity index (χ0v) is 13.0. The lowest BCUT2D eigenvalue weighted by Gasteiger charge is -2.18. The van der Waals surface area contributed by atoms with Crippen molar-refractivity contribution in [1.29, 1.82) is 0 Å². The summed E-state index contributed by atoms with van der Waals surface area (Å²) in [4.78, 5) is 15.6. The minimum absolute atomic E-state index is 0.0496. The van der Waals surface area contributed by atoms with Crippen LogP contribution in [0.5, 0.6) is 0 Å². The summed E-state index contributed by atoms with van der Waals surface area (Å²) in [7, 11) is 0. The number of carbonyl (C=O) groups is 1. The number of pyridine rings is 1. The number of para-hydroxylation sites is 1. The summed E-state index contributed by atoms with van der Waals surface area (Å²) in [6.07, 6.45) is 1.77. The summed E-state index contributed by atoms with van der Waals surface area (Å²) in [6, 6.07) is 10.9. The van der Waals surface area contributed by atoms with Crippen LogP contribution >= 0.6 is 0 Å². The van der Waals surface area contributed by atoms with Crippen LogP contribution in [0.3, 0.4) is 0 Å². The first-order chi connectivity index (χ1) is 11.0. The molecule has 118 valence electrons. The van der Waals surface area contributed by atoms with Gasteiger partial charge < -0.3 is 10.3 Å². The molecule has 3 N–H and O–H groups in total. The molecule has 0 bridgehead atoms. The molecule has 0 unspecified atom stereocenters. The normalized spacial score (nSPS) is 10.9. The lowest BCUT2D eigenvalue weighted by molar-refractivity contribution is -0.0631. The van der Waals surface area contributed by atoms with E-state index in [9.17, 15) is 10.0 Å². The van der Waals surface area contributed by atoms with E-state index in [-0.39, 0.29) is 6.67 Å². The van der Waals surface area contributed by atoms with E-state index in [0.29, 0.717) is 5.06 Å². The number of aromatic nitrogens is 2. The number of primary amides is 1. The molecule has 2 amide bonds. The average molecular weight is 310 g/mol. The number of aryl methyl sites for hydroxylation is 2. The highest BCUT2D eigenvalue weighted by Gasteiger charge is 2.17. The van der Waals surface area contributed by atoms with Gasteiger partial charge in [-0.1, -0.05) is 18.2 Å². The van der Waals surface area contributed by atoms with E-state index in [1.165, 1.54) is 0 Å². The van der Waals surface area contributed by atoms with Gasteiger partial charge in [-0.25, -0.2) is 4.79 Å². The Morgan fingerprint density at radius 2 is 2.04 bits per heavy atom. The topological polar surface area (TPSA) is 84.4 Å². The van der Waals surface area contributed by atoms with E-state index in [4.69, 9.17) is 5.73 Å². The van der Waals surface area contributed by atoms with Crippen LogP contribution in [0.1, 0.15) is 11.3 Å². The Hall–Kier alpha value is -2.86. The van der Waals surface area contributed by atoms with E-state index in [0.717, 1.165) is 33.4 Å². The van der Waals surface area contributed by atoms with Crippen LogP contribution in [0.2, 0.25) is 0 Å². The molecule has 0 aliphatic heterocycles. The van der Waals surface area contributed by atoms with Crippen molar-refractivity contribution in [3.05, 3.63) is 53.9 Å². The fourth-order valence-electron chi connectivity index (χ4n) is 2.85. The van der Waals surface area contributed by atoms with Crippen molar-refractivity contribution in [3.8, 4) is 11.3 Å². The second-order valence-corrected chi connectivity index (χ2v) is 5.48. The largest absolute Gasteiger partial charge is 0.350 e. The Morgan fingerprint density at radius 1 is 1.30 bits per heavy atom. The average Bonchev–Trinajstić information content (AvgIpc) is 2.85. The van der Waals surface area contributed by atoms with Gasteiger partial charge in [-0.2, -0.15) is 5.06 Å². The Morgan fingerprint density at radius 3 is 2.74 bits per heavy atom. The minimum Gasteiger partial charge on any atom is -0.350 e.